The molecule has 0 saturated heterocycles. The van der Waals surface area contributed by atoms with Crippen LogP contribution >= 0.6 is 0 Å². The van der Waals surface area contributed by atoms with E-state index in [-0.39, 0.29) is 12.1 Å². The van der Waals surface area contributed by atoms with Gasteiger partial charge in [0.1, 0.15) is 0 Å². The molecule has 0 radical (unpaired) electrons. The smallest absolute Gasteiger partial charge is 0.0661 e. The number of nitrogen functional groups attached to an aromatic ring is 1. The first kappa shape index (κ1) is 9.34. The van der Waals surface area contributed by atoms with E-state index in [1.807, 2.05) is 25.1 Å². The van der Waals surface area contributed by atoms with Crippen molar-refractivity contribution in [3.8, 4) is 0 Å². The van der Waals surface area contributed by atoms with E-state index in [4.69, 9.17) is 5.73 Å². The van der Waals surface area contributed by atoms with Crippen LogP contribution in [0.4, 0.5) is 11.4 Å². The minimum absolute atomic E-state index is 0.0709. The summed E-state index contributed by atoms with van der Waals surface area (Å²) in [6, 6.07) is 5.82. The quantitative estimate of drug-likeness (QED) is 0.636. The number of anilines is 2. The molecule has 0 unspecified atom stereocenters. The van der Waals surface area contributed by atoms with Gasteiger partial charge in [0.2, 0.25) is 0 Å². The van der Waals surface area contributed by atoms with Crippen LogP contribution in [0.1, 0.15) is 18.4 Å². The lowest BCUT2D eigenvalue weighted by Crippen LogP contribution is -2.26. The van der Waals surface area contributed by atoms with E-state index in [1.165, 1.54) is 0 Å². The second-order valence-corrected chi connectivity index (χ2v) is 4.08. The van der Waals surface area contributed by atoms with E-state index < -0.39 is 0 Å². The molecule has 2 rings (SSSR count). The molecule has 14 heavy (non-hydrogen) atoms. The van der Waals surface area contributed by atoms with E-state index in [0.29, 0.717) is 0 Å². The molecule has 0 atom stereocenters. The summed E-state index contributed by atoms with van der Waals surface area (Å²) >= 11 is 0. The number of hydrogen-bond donors (Lipinski definition) is 3. The third-order valence-electron chi connectivity index (χ3n) is 2.93. The van der Waals surface area contributed by atoms with Crippen molar-refractivity contribution in [1.82, 2.24) is 0 Å². The van der Waals surface area contributed by atoms with Gasteiger partial charge < -0.3 is 16.2 Å². The summed E-state index contributed by atoms with van der Waals surface area (Å²) in [5.41, 5.74) is 8.62. The molecule has 0 aliphatic heterocycles. The van der Waals surface area contributed by atoms with Crippen LogP contribution in [0.3, 0.4) is 0 Å². The van der Waals surface area contributed by atoms with Crippen molar-refractivity contribution < 1.29 is 5.11 Å². The SMILES string of the molecule is Cc1c(N)cccc1NC1(CO)CC1. The van der Waals surface area contributed by atoms with Crippen LogP contribution in [0, 0.1) is 6.92 Å². The molecule has 0 bridgehead atoms. The lowest BCUT2D eigenvalue weighted by Gasteiger charge is -2.18. The third-order valence-corrected chi connectivity index (χ3v) is 2.93. The maximum Gasteiger partial charge on any atom is 0.0661 e. The van der Waals surface area contributed by atoms with Crippen molar-refractivity contribution in [1.29, 1.82) is 0 Å². The zero-order chi connectivity index (χ0) is 10.2. The molecule has 3 heteroatoms. The Bertz CT molecular complexity index is 345. The normalized spacial score (nSPS) is 17.9. The second-order valence-electron chi connectivity index (χ2n) is 4.08. The average Bonchev–Trinajstić information content (AvgIpc) is 2.94. The molecular weight excluding hydrogens is 176 g/mol. The highest BCUT2D eigenvalue weighted by molar-refractivity contribution is 5.64. The molecule has 1 aromatic carbocycles. The maximum atomic E-state index is 9.18. The van der Waals surface area contributed by atoms with E-state index in [2.05, 4.69) is 5.32 Å². The molecule has 1 aliphatic carbocycles. The largest absolute Gasteiger partial charge is 0.398 e. The summed E-state index contributed by atoms with van der Waals surface area (Å²) in [7, 11) is 0. The molecule has 0 heterocycles. The Labute approximate surface area is 83.9 Å². The van der Waals surface area contributed by atoms with Gasteiger partial charge in [-0.3, -0.25) is 0 Å². The predicted octanol–water partition coefficient (Wildman–Crippen LogP) is 1.51. The Morgan fingerprint density at radius 1 is 1.50 bits per heavy atom. The van der Waals surface area contributed by atoms with Crippen molar-refractivity contribution in [2.24, 2.45) is 0 Å². The van der Waals surface area contributed by atoms with Crippen LogP contribution in [0.2, 0.25) is 0 Å². The summed E-state index contributed by atoms with van der Waals surface area (Å²) in [5.74, 6) is 0. The van der Waals surface area contributed by atoms with Crippen LogP contribution < -0.4 is 11.1 Å². The number of rotatable bonds is 3. The van der Waals surface area contributed by atoms with Gasteiger partial charge in [-0.05, 0) is 37.5 Å². The molecule has 1 aliphatic rings. The molecular formula is C11H16N2O. The molecule has 1 fully saturated rings. The highest BCUT2D eigenvalue weighted by Gasteiger charge is 2.42. The average molecular weight is 192 g/mol. The van der Waals surface area contributed by atoms with E-state index in [1.54, 1.807) is 0 Å². The predicted molar refractivity (Wildman–Crippen MR) is 58.3 cm³/mol. The van der Waals surface area contributed by atoms with Gasteiger partial charge in [-0.1, -0.05) is 6.07 Å². The summed E-state index contributed by atoms with van der Waals surface area (Å²) < 4.78 is 0. The molecule has 0 amide bonds. The Morgan fingerprint density at radius 2 is 2.21 bits per heavy atom. The van der Waals surface area contributed by atoms with E-state index >= 15 is 0 Å². The Morgan fingerprint density at radius 3 is 2.79 bits per heavy atom. The lowest BCUT2D eigenvalue weighted by atomic mass is 10.1. The van der Waals surface area contributed by atoms with Crippen molar-refractivity contribution in [3.05, 3.63) is 23.8 Å². The fraction of sp³-hybridized carbons (Fsp3) is 0.455. The monoisotopic (exact) mass is 192 g/mol. The van der Waals surface area contributed by atoms with Gasteiger partial charge >= 0.3 is 0 Å². The van der Waals surface area contributed by atoms with Gasteiger partial charge in [-0.2, -0.15) is 0 Å². The van der Waals surface area contributed by atoms with Gasteiger partial charge in [0.25, 0.3) is 0 Å². The summed E-state index contributed by atoms with van der Waals surface area (Å²) in [5, 5.41) is 12.5. The van der Waals surface area contributed by atoms with Gasteiger partial charge in [-0.25, -0.2) is 0 Å². The van der Waals surface area contributed by atoms with Crippen molar-refractivity contribution in [2.45, 2.75) is 25.3 Å². The van der Waals surface area contributed by atoms with Gasteiger partial charge in [0.05, 0.1) is 12.1 Å². The first-order valence-electron chi connectivity index (χ1n) is 4.91. The van der Waals surface area contributed by atoms with E-state index in [9.17, 15) is 5.11 Å². The van der Waals surface area contributed by atoms with Gasteiger partial charge in [0, 0.05) is 11.4 Å². The van der Waals surface area contributed by atoms with Crippen molar-refractivity contribution in [3.63, 3.8) is 0 Å². The fourth-order valence-electron chi connectivity index (χ4n) is 1.55. The van der Waals surface area contributed by atoms with Crippen molar-refractivity contribution in [2.75, 3.05) is 17.7 Å². The second kappa shape index (κ2) is 3.17. The summed E-state index contributed by atoms with van der Waals surface area (Å²) in [4.78, 5) is 0. The van der Waals surface area contributed by atoms with Crippen LogP contribution in [0.25, 0.3) is 0 Å². The number of nitrogens with two attached hydrogens (primary N) is 1. The lowest BCUT2D eigenvalue weighted by molar-refractivity contribution is 0.266. The molecule has 0 aromatic heterocycles. The molecule has 3 nitrogen and oxygen atoms in total. The maximum absolute atomic E-state index is 9.18. The zero-order valence-corrected chi connectivity index (χ0v) is 8.38. The highest BCUT2D eigenvalue weighted by Crippen LogP contribution is 2.39. The fourth-order valence-corrected chi connectivity index (χ4v) is 1.55. The number of aliphatic hydroxyl groups excluding tert-OH is 1. The standard InChI is InChI=1S/C11H16N2O/c1-8-9(12)3-2-4-10(8)13-11(7-14)5-6-11/h2-4,13-14H,5-7,12H2,1H3. The zero-order valence-electron chi connectivity index (χ0n) is 8.38. The highest BCUT2D eigenvalue weighted by atomic mass is 16.3. The molecule has 0 spiro atoms. The molecule has 76 valence electrons. The molecule has 1 aromatic rings. The first-order chi connectivity index (χ1) is 6.67. The summed E-state index contributed by atoms with van der Waals surface area (Å²) in [6.45, 7) is 2.19. The van der Waals surface area contributed by atoms with Crippen molar-refractivity contribution >= 4 is 11.4 Å². The Hall–Kier alpha value is -1.22. The minimum atomic E-state index is -0.0709. The van der Waals surface area contributed by atoms with Crippen LogP contribution in [-0.4, -0.2) is 17.3 Å². The number of aliphatic hydroxyl groups is 1. The minimum Gasteiger partial charge on any atom is -0.398 e. The van der Waals surface area contributed by atoms with Gasteiger partial charge in [0.15, 0.2) is 0 Å². The van der Waals surface area contributed by atoms with Gasteiger partial charge in [-0.15, -0.1) is 0 Å². The molecule has 1 saturated carbocycles. The number of benzene rings is 1. The van der Waals surface area contributed by atoms with E-state index in [0.717, 1.165) is 29.8 Å². The van der Waals surface area contributed by atoms with Crippen LogP contribution in [-0.2, 0) is 0 Å². The topological polar surface area (TPSA) is 58.3 Å². The van der Waals surface area contributed by atoms with Crippen LogP contribution in [0.15, 0.2) is 18.2 Å². The third kappa shape index (κ3) is 1.55. The Kier molecular flexibility index (Phi) is 2.11. The Balaban J connectivity index is 2.21. The molecule has 4 N–H and O–H groups in total. The summed E-state index contributed by atoms with van der Waals surface area (Å²) in [6.07, 6.45) is 2.08. The first-order valence-corrected chi connectivity index (χ1v) is 4.91. The number of nitrogens with one attached hydrogen (secondary N) is 1. The van der Waals surface area contributed by atoms with Crippen LogP contribution in [0.5, 0.6) is 0 Å². The number of hydrogen-bond acceptors (Lipinski definition) is 3.